The molecule has 0 unspecified atom stereocenters. The van der Waals surface area contributed by atoms with Gasteiger partial charge in [-0.25, -0.2) is 4.79 Å². The molecule has 0 spiro atoms. The van der Waals surface area contributed by atoms with Crippen molar-refractivity contribution in [1.29, 1.82) is 0 Å². The van der Waals surface area contributed by atoms with Gasteiger partial charge in [0.2, 0.25) is 0 Å². The quantitative estimate of drug-likeness (QED) is 0.542. The van der Waals surface area contributed by atoms with Crippen LogP contribution in [0.4, 0.5) is 4.79 Å². The number of benzene rings is 1. The van der Waals surface area contributed by atoms with Crippen LogP contribution in [-0.2, 0) is 14.3 Å². The average molecular weight is 487 g/mol. The summed E-state index contributed by atoms with van der Waals surface area (Å²) in [5, 5.41) is 9.76. The number of carboxylic acids is 1. The van der Waals surface area contributed by atoms with Crippen LogP contribution in [-0.4, -0.2) is 78.5 Å². The molecule has 35 heavy (non-hydrogen) atoms. The summed E-state index contributed by atoms with van der Waals surface area (Å²) >= 11 is 0. The molecule has 7 heteroatoms. The van der Waals surface area contributed by atoms with Crippen molar-refractivity contribution in [3.8, 4) is 0 Å². The van der Waals surface area contributed by atoms with E-state index in [0.29, 0.717) is 25.6 Å². The predicted octanol–water partition coefficient (Wildman–Crippen LogP) is 4.76. The summed E-state index contributed by atoms with van der Waals surface area (Å²) in [4.78, 5) is 29.5. The Morgan fingerprint density at radius 2 is 1.77 bits per heavy atom. The van der Waals surface area contributed by atoms with Crippen LogP contribution in [0.1, 0.15) is 70.8 Å². The fraction of sp³-hybridized carbons (Fsp3) is 0.714. The first-order chi connectivity index (χ1) is 16.6. The van der Waals surface area contributed by atoms with Crippen LogP contribution >= 0.6 is 0 Å². The number of carbonyl (C=O) groups is 2. The fourth-order valence-corrected chi connectivity index (χ4v) is 5.89. The molecule has 1 aliphatic heterocycles. The van der Waals surface area contributed by atoms with E-state index in [1.807, 2.05) is 31.7 Å². The number of nitrogens with zero attached hydrogens (tertiary/aromatic N) is 2. The summed E-state index contributed by atoms with van der Waals surface area (Å²) in [6, 6.07) is 10.5. The third kappa shape index (κ3) is 6.00. The van der Waals surface area contributed by atoms with E-state index in [-0.39, 0.29) is 17.6 Å². The summed E-state index contributed by atoms with van der Waals surface area (Å²) in [6.45, 7) is 9.18. The molecule has 1 aromatic carbocycles. The second kappa shape index (κ2) is 10.1. The molecule has 1 aromatic rings. The van der Waals surface area contributed by atoms with Gasteiger partial charge in [-0.2, -0.15) is 0 Å². The van der Waals surface area contributed by atoms with Gasteiger partial charge in [-0.15, -0.1) is 0 Å². The number of aliphatic carboxylic acids is 1. The number of rotatable bonds is 9. The summed E-state index contributed by atoms with van der Waals surface area (Å²) in [5.74, 6) is -0.327. The highest BCUT2D eigenvalue weighted by atomic mass is 16.6. The van der Waals surface area contributed by atoms with Crippen LogP contribution in [0.25, 0.3) is 0 Å². The highest BCUT2D eigenvalue weighted by molar-refractivity contribution is 5.76. The molecule has 2 saturated carbocycles. The smallest absolute Gasteiger partial charge is 0.410 e. The minimum Gasteiger partial charge on any atom is -0.481 e. The minimum atomic E-state index is -0.658. The number of hydrogen-bond donors (Lipinski definition) is 1. The summed E-state index contributed by atoms with van der Waals surface area (Å²) in [7, 11) is 1.73. The van der Waals surface area contributed by atoms with Gasteiger partial charge >= 0.3 is 12.1 Å². The number of carboxylic acid groups (broad SMARTS) is 1. The Kier molecular flexibility index (Phi) is 7.49. The molecule has 2 atom stereocenters. The van der Waals surface area contributed by atoms with Crippen molar-refractivity contribution in [3.63, 3.8) is 0 Å². The predicted molar refractivity (Wildman–Crippen MR) is 134 cm³/mol. The molecule has 194 valence electrons. The molecule has 1 saturated heterocycles. The largest absolute Gasteiger partial charge is 0.481 e. The van der Waals surface area contributed by atoms with E-state index in [0.717, 1.165) is 51.6 Å². The van der Waals surface area contributed by atoms with Crippen LogP contribution < -0.4 is 0 Å². The molecule has 7 nitrogen and oxygen atoms in total. The zero-order valence-corrected chi connectivity index (χ0v) is 21.8. The van der Waals surface area contributed by atoms with Crippen LogP contribution in [0, 0.1) is 10.8 Å². The lowest BCUT2D eigenvalue weighted by molar-refractivity contribution is -0.157. The fourth-order valence-electron chi connectivity index (χ4n) is 5.89. The Balaban J connectivity index is 1.47. The summed E-state index contributed by atoms with van der Waals surface area (Å²) in [5.41, 5.74) is -0.0259. The zero-order valence-electron chi connectivity index (χ0n) is 21.8. The third-order valence-electron chi connectivity index (χ3n) is 8.18. The van der Waals surface area contributed by atoms with Crippen molar-refractivity contribution in [2.45, 2.75) is 76.9 Å². The molecular formula is C28H42N2O5. The lowest BCUT2D eigenvalue weighted by atomic mass is 9.68. The maximum absolute atomic E-state index is 13.4. The first-order valence-electron chi connectivity index (χ1n) is 13.1. The Labute approximate surface area is 209 Å². The topological polar surface area (TPSA) is 79.3 Å². The van der Waals surface area contributed by atoms with Crippen molar-refractivity contribution < 1.29 is 24.2 Å². The molecule has 0 radical (unpaired) electrons. The summed E-state index contributed by atoms with van der Waals surface area (Å²) in [6.07, 6.45) is 4.99. The molecule has 4 rings (SSSR count). The second-order valence-corrected chi connectivity index (χ2v) is 12.1. The third-order valence-corrected chi connectivity index (χ3v) is 8.18. The van der Waals surface area contributed by atoms with E-state index in [9.17, 15) is 14.7 Å². The number of amides is 1. The molecule has 1 heterocycles. The second-order valence-electron chi connectivity index (χ2n) is 12.1. The molecule has 3 aliphatic rings. The molecule has 0 bridgehead atoms. The molecular weight excluding hydrogens is 444 g/mol. The van der Waals surface area contributed by atoms with Gasteiger partial charge in [0.1, 0.15) is 5.60 Å². The first kappa shape index (κ1) is 26.0. The van der Waals surface area contributed by atoms with Crippen molar-refractivity contribution in [3.05, 3.63) is 35.9 Å². The highest BCUT2D eigenvalue weighted by Crippen LogP contribution is 2.48. The van der Waals surface area contributed by atoms with Gasteiger partial charge in [-0.3, -0.25) is 4.79 Å². The van der Waals surface area contributed by atoms with Crippen LogP contribution in [0.2, 0.25) is 0 Å². The number of hydrogen-bond acceptors (Lipinski definition) is 5. The van der Waals surface area contributed by atoms with E-state index < -0.39 is 17.0 Å². The van der Waals surface area contributed by atoms with E-state index in [1.54, 1.807) is 7.11 Å². The van der Waals surface area contributed by atoms with Gasteiger partial charge in [0.25, 0.3) is 0 Å². The average Bonchev–Trinajstić information content (AvgIpc) is 3.56. The Hall–Kier alpha value is -2.12. The van der Waals surface area contributed by atoms with Gasteiger partial charge in [0, 0.05) is 37.6 Å². The van der Waals surface area contributed by atoms with E-state index in [2.05, 4.69) is 29.2 Å². The van der Waals surface area contributed by atoms with Gasteiger partial charge in [0.05, 0.1) is 12.0 Å². The highest BCUT2D eigenvalue weighted by Gasteiger charge is 2.50. The van der Waals surface area contributed by atoms with Crippen molar-refractivity contribution in [2.75, 3.05) is 39.9 Å². The number of methoxy groups -OCH3 is 1. The Bertz CT molecular complexity index is 884. The van der Waals surface area contributed by atoms with Crippen LogP contribution in [0.15, 0.2) is 30.3 Å². The standard InChI is InChI=1S/C28H42N2O5/c1-26(2,3)35-25(33)30(23-17-22(23)21-9-6-5-7-10-21)18-27(20-34-4)13-15-29(16-14-27)19-28(24(31)32)11-8-12-28/h5-7,9-10,22-23H,8,11-20H2,1-4H3,(H,31,32)/t22-,23+/m0/s1. The summed E-state index contributed by atoms with van der Waals surface area (Å²) < 4.78 is 11.5. The van der Waals surface area contributed by atoms with Gasteiger partial charge in [-0.05, 0) is 71.5 Å². The monoisotopic (exact) mass is 486 g/mol. The zero-order chi connectivity index (χ0) is 25.3. The minimum absolute atomic E-state index is 0.129. The van der Waals surface area contributed by atoms with Gasteiger partial charge < -0.3 is 24.4 Å². The lowest BCUT2D eigenvalue weighted by Crippen LogP contribution is -2.54. The Morgan fingerprint density at radius 3 is 2.29 bits per heavy atom. The molecule has 1 amide bonds. The molecule has 2 aliphatic carbocycles. The van der Waals surface area contributed by atoms with Crippen molar-refractivity contribution in [2.24, 2.45) is 10.8 Å². The first-order valence-corrected chi connectivity index (χ1v) is 13.1. The maximum atomic E-state index is 13.4. The normalized spacial score (nSPS) is 25.4. The molecule has 3 fully saturated rings. The molecule has 1 N–H and O–H groups in total. The number of carbonyl (C=O) groups excluding carboxylic acids is 1. The number of piperidine rings is 1. The molecule has 0 aromatic heterocycles. The van der Waals surface area contributed by atoms with Crippen LogP contribution in [0.3, 0.4) is 0 Å². The maximum Gasteiger partial charge on any atom is 0.410 e. The lowest BCUT2D eigenvalue weighted by Gasteiger charge is -2.47. The number of likely N-dealkylation sites (tertiary alicyclic amines) is 1. The Morgan fingerprint density at radius 1 is 1.11 bits per heavy atom. The van der Waals surface area contributed by atoms with E-state index in [1.165, 1.54) is 5.56 Å². The van der Waals surface area contributed by atoms with Crippen molar-refractivity contribution in [1.82, 2.24) is 9.80 Å². The number of ether oxygens (including phenoxy) is 2. The van der Waals surface area contributed by atoms with Gasteiger partial charge in [-0.1, -0.05) is 36.8 Å². The van der Waals surface area contributed by atoms with Gasteiger partial charge in [0.15, 0.2) is 0 Å². The van der Waals surface area contributed by atoms with Crippen molar-refractivity contribution >= 4 is 12.1 Å². The van der Waals surface area contributed by atoms with E-state index in [4.69, 9.17) is 9.47 Å². The SMILES string of the molecule is COCC1(CN(C(=O)OC(C)(C)C)[C@@H]2C[C@H]2c2ccccc2)CCN(CC2(C(=O)O)CCC2)CC1. The van der Waals surface area contributed by atoms with Crippen LogP contribution in [0.5, 0.6) is 0 Å². The van der Waals surface area contributed by atoms with E-state index >= 15 is 0 Å².